The molecule has 0 bridgehead atoms. The lowest BCUT2D eigenvalue weighted by Gasteiger charge is -2.11. The van der Waals surface area contributed by atoms with Crippen LogP contribution in [-0.4, -0.2) is 7.11 Å². The van der Waals surface area contributed by atoms with Crippen LogP contribution in [0, 0.1) is 0 Å². The first kappa shape index (κ1) is 10.1. The Hall–Kier alpha value is -1.02. The Bertz CT molecular complexity index is 226. The van der Waals surface area contributed by atoms with E-state index >= 15 is 0 Å². The van der Waals surface area contributed by atoms with Crippen LogP contribution in [0.2, 0.25) is 0 Å². The molecule has 1 aromatic rings. The number of furan rings is 1. The highest BCUT2D eigenvalue weighted by atomic mass is 16.5. The number of rotatable bonds is 6. The maximum absolute atomic E-state index is 5.31. The molecule has 2 nitrogen and oxygen atoms in total. The van der Waals surface area contributed by atoms with Crippen LogP contribution in [0.4, 0.5) is 0 Å². The van der Waals surface area contributed by atoms with E-state index in [1.807, 2.05) is 18.2 Å². The Morgan fingerprint density at radius 3 is 3.08 bits per heavy atom. The predicted molar refractivity (Wildman–Crippen MR) is 52.5 cm³/mol. The number of hydrogen-bond donors (Lipinski definition) is 0. The van der Waals surface area contributed by atoms with Gasteiger partial charge in [-0.05, 0) is 31.4 Å². The predicted octanol–water partition coefficient (Wildman–Crippen LogP) is 3.32. The molecule has 0 saturated carbocycles. The van der Waals surface area contributed by atoms with Gasteiger partial charge in [0.25, 0.3) is 0 Å². The normalized spacial score (nSPS) is 12.7. The third kappa shape index (κ3) is 3.07. The van der Waals surface area contributed by atoms with Crippen molar-refractivity contribution in [2.24, 2.45) is 0 Å². The standard InChI is InChI=1S/C11H16O2/c1-3-4-5-7-10(12-2)11-8-6-9-13-11/h3,6,8-10H,1,4-5,7H2,2H3/t10-/m1/s1. The van der Waals surface area contributed by atoms with Crippen molar-refractivity contribution in [3.8, 4) is 0 Å². The molecule has 0 unspecified atom stereocenters. The summed E-state index contributed by atoms with van der Waals surface area (Å²) in [6, 6.07) is 3.83. The molecule has 13 heavy (non-hydrogen) atoms. The lowest BCUT2D eigenvalue weighted by Crippen LogP contribution is -1.99. The zero-order chi connectivity index (χ0) is 9.52. The van der Waals surface area contributed by atoms with E-state index in [0.29, 0.717) is 0 Å². The fourth-order valence-electron chi connectivity index (χ4n) is 1.30. The van der Waals surface area contributed by atoms with Crippen LogP contribution in [0.15, 0.2) is 35.5 Å². The summed E-state index contributed by atoms with van der Waals surface area (Å²) in [4.78, 5) is 0. The van der Waals surface area contributed by atoms with Crippen molar-refractivity contribution in [3.05, 3.63) is 36.8 Å². The second kappa shape index (κ2) is 5.60. The van der Waals surface area contributed by atoms with E-state index in [1.54, 1.807) is 13.4 Å². The SMILES string of the molecule is C=CCCC[C@@H](OC)c1ccco1. The molecule has 0 aliphatic rings. The Labute approximate surface area is 79.2 Å². The van der Waals surface area contributed by atoms with Gasteiger partial charge in [-0.15, -0.1) is 6.58 Å². The minimum Gasteiger partial charge on any atom is -0.467 e. The van der Waals surface area contributed by atoms with Gasteiger partial charge in [0.2, 0.25) is 0 Å². The summed E-state index contributed by atoms with van der Waals surface area (Å²) in [7, 11) is 1.71. The Morgan fingerprint density at radius 2 is 2.54 bits per heavy atom. The summed E-state index contributed by atoms with van der Waals surface area (Å²) < 4.78 is 10.6. The first-order chi connectivity index (χ1) is 6.38. The van der Waals surface area contributed by atoms with Crippen molar-refractivity contribution in [2.45, 2.75) is 25.4 Å². The van der Waals surface area contributed by atoms with Crippen molar-refractivity contribution in [3.63, 3.8) is 0 Å². The van der Waals surface area contributed by atoms with Crippen LogP contribution < -0.4 is 0 Å². The van der Waals surface area contributed by atoms with Crippen molar-refractivity contribution >= 4 is 0 Å². The van der Waals surface area contributed by atoms with E-state index in [9.17, 15) is 0 Å². The topological polar surface area (TPSA) is 22.4 Å². The van der Waals surface area contributed by atoms with E-state index in [1.165, 1.54) is 0 Å². The number of allylic oxidation sites excluding steroid dienone is 1. The Kier molecular flexibility index (Phi) is 4.33. The van der Waals surface area contributed by atoms with Gasteiger partial charge in [-0.3, -0.25) is 0 Å². The minimum atomic E-state index is 0.0925. The molecule has 1 rings (SSSR count). The van der Waals surface area contributed by atoms with Crippen molar-refractivity contribution in [1.82, 2.24) is 0 Å². The van der Waals surface area contributed by atoms with Crippen LogP contribution >= 0.6 is 0 Å². The number of hydrogen-bond acceptors (Lipinski definition) is 2. The highest BCUT2D eigenvalue weighted by Crippen LogP contribution is 2.22. The maximum atomic E-state index is 5.31. The number of unbranched alkanes of at least 4 members (excludes halogenated alkanes) is 1. The maximum Gasteiger partial charge on any atom is 0.132 e. The monoisotopic (exact) mass is 180 g/mol. The molecule has 1 heterocycles. The van der Waals surface area contributed by atoms with Crippen LogP contribution in [0.25, 0.3) is 0 Å². The second-order valence-corrected chi connectivity index (χ2v) is 2.96. The molecule has 1 atom stereocenters. The summed E-state index contributed by atoms with van der Waals surface area (Å²) in [5, 5.41) is 0. The molecule has 0 spiro atoms. The average Bonchev–Trinajstić information content (AvgIpc) is 2.65. The fourth-order valence-corrected chi connectivity index (χ4v) is 1.30. The minimum absolute atomic E-state index is 0.0925. The second-order valence-electron chi connectivity index (χ2n) is 2.96. The Morgan fingerprint density at radius 1 is 1.69 bits per heavy atom. The zero-order valence-corrected chi connectivity index (χ0v) is 8.03. The third-order valence-electron chi connectivity index (χ3n) is 2.02. The first-order valence-electron chi connectivity index (χ1n) is 4.55. The van der Waals surface area contributed by atoms with Gasteiger partial charge in [-0.1, -0.05) is 6.08 Å². The molecule has 0 radical (unpaired) electrons. The van der Waals surface area contributed by atoms with Crippen LogP contribution in [0.3, 0.4) is 0 Å². The molecule has 0 fully saturated rings. The molecular formula is C11H16O2. The molecule has 0 aliphatic carbocycles. The highest BCUT2D eigenvalue weighted by molar-refractivity contribution is 5.02. The van der Waals surface area contributed by atoms with Gasteiger partial charge in [0.15, 0.2) is 0 Å². The molecule has 0 aromatic carbocycles. The van der Waals surface area contributed by atoms with E-state index in [2.05, 4.69) is 6.58 Å². The third-order valence-corrected chi connectivity index (χ3v) is 2.02. The lowest BCUT2D eigenvalue weighted by molar-refractivity contribution is 0.0752. The molecule has 1 aromatic heterocycles. The molecule has 72 valence electrons. The Balaban J connectivity index is 2.39. The quantitative estimate of drug-likeness (QED) is 0.495. The van der Waals surface area contributed by atoms with E-state index < -0.39 is 0 Å². The van der Waals surface area contributed by atoms with E-state index in [4.69, 9.17) is 9.15 Å². The number of ether oxygens (including phenoxy) is 1. The summed E-state index contributed by atoms with van der Waals surface area (Å²) in [6.45, 7) is 3.68. The summed E-state index contributed by atoms with van der Waals surface area (Å²) in [5.41, 5.74) is 0. The molecule has 0 N–H and O–H groups in total. The average molecular weight is 180 g/mol. The molecule has 0 aliphatic heterocycles. The smallest absolute Gasteiger partial charge is 0.132 e. The summed E-state index contributed by atoms with van der Waals surface area (Å²) in [6.07, 6.45) is 6.79. The van der Waals surface area contributed by atoms with E-state index in [-0.39, 0.29) is 6.10 Å². The van der Waals surface area contributed by atoms with Gasteiger partial charge in [-0.2, -0.15) is 0 Å². The number of methoxy groups -OCH3 is 1. The van der Waals surface area contributed by atoms with Crippen molar-refractivity contribution < 1.29 is 9.15 Å². The van der Waals surface area contributed by atoms with Gasteiger partial charge in [-0.25, -0.2) is 0 Å². The molecule has 2 heteroatoms. The van der Waals surface area contributed by atoms with E-state index in [0.717, 1.165) is 25.0 Å². The van der Waals surface area contributed by atoms with Crippen LogP contribution in [0.1, 0.15) is 31.1 Å². The fraction of sp³-hybridized carbons (Fsp3) is 0.455. The molecule has 0 amide bonds. The van der Waals surface area contributed by atoms with Crippen LogP contribution in [-0.2, 0) is 4.74 Å². The van der Waals surface area contributed by atoms with Gasteiger partial charge >= 0.3 is 0 Å². The van der Waals surface area contributed by atoms with Gasteiger partial charge in [0.1, 0.15) is 11.9 Å². The summed E-state index contributed by atoms with van der Waals surface area (Å²) in [5.74, 6) is 0.909. The lowest BCUT2D eigenvalue weighted by atomic mass is 10.1. The highest BCUT2D eigenvalue weighted by Gasteiger charge is 2.11. The van der Waals surface area contributed by atoms with Gasteiger partial charge in [0.05, 0.1) is 6.26 Å². The van der Waals surface area contributed by atoms with Gasteiger partial charge in [0, 0.05) is 7.11 Å². The first-order valence-corrected chi connectivity index (χ1v) is 4.55. The molecule has 0 saturated heterocycles. The summed E-state index contributed by atoms with van der Waals surface area (Å²) >= 11 is 0. The zero-order valence-electron chi connectivity index (χ0n) is 8.03. The largest absolute Gasteiger partial charge is 0.467 e. The van der Waals surface area contributed by atoms with Crippen molar-refractivity contribution in [1.29, 1.82) is 0 Å². The van der Waals surface area contributed by atoms with Crippen molar-refractivity contribution in [2.75, 3.05) is 7.11 Å². The molecular weight excluding hydrogens is 164 g/mol. The van der Waals surface area contributed by atoms with Gasteiger partial charge < -0.3 is 9.15 Å². The van der Waals surface area contributed by atoms with Crippen LogP contribution in [0.5, 0.6) is 0 Å².